The Balaban J connectivity index is 2.05. The molecule has 1 aromatic rings. The highest BCUT2D eigenvalue weighted by atomic mass is 19.4. The number of pyridine rings is 1. The van der Waals surface area contributed by atoms with Crippen molar-refractivity contribution in [3.8, 4) is 0 Å². The van der Waals surface area contributed by atoms with Crippen molar-refractivity contribution in [1.29, 1.82) is 0 Å². The second kappa shape index (κ2) is 5.16. The van der Waals surface area contributed by atoms with Gasteiger partial charge in [-0.3, -0.25) is 4.79 Å². The van der Waals surface area contributed by atoms with Gasteiger partial charge in [0.15, 0.2) is 0 Å². The van der Waals surface area contributed by atoms with Crippen molar-refractivity contribution in [1.82, 2.24) is 4.98 Å². The second-order valence-electron chi connectivity index (χ2n) is 4.43. The van der Waals surface area contributed by atoms with Crippen molar-refractivity contribution in [2.45, 2.75) is 38.1 Å². The van der Waals surface area contributed by atoms with Gasteiger partial charge in [-0.2, -0.15) is 13.2 Å². The van der Waals surface area contributed by atoms with E-state index in [-0.39, 0.29) is 11.9 Å². The molecule has 1 aliphatic rings. The number of nitrogens with zero attached hydrogens (tertiary/aromatic N) is 1. The van der Waals surface area contributed by atoms with Gasteiger partial charge in [0.2, 0.25) is 0 Å². The first-order valence-corrected chi connectivity index (χ1v) is 5.86. The maximum Gasteiger partial charge on any atom is 0.416 e. The van der Waals surface area contributed by atoms with Gasteiger partial charge in [-0.1, -0.05) is 0 Å². The highest BCUT2D eigenvalue weighted by Crippen LogP contribution is 2.30. The van der Waals surface area contributed by atoms with Crippen LogP contribution < -0.4 is 5.32 Å². The monoisotopic (exact) mass is 274 g/mol. The number of rotatable bonds is 2. The van der Waals surface area contributed by atoms with Crippen molar-refractivity contribution in [3.05, 3.63) is 23.9 Å². The fourth-order valence-corrected chi connectivity index (χ4v) is 1.88. The van der Waals surface area contributed by atoms with E-state index in [2.05, 4.69) is 10.3 Å². The molecule has 1 amide bonds. The van der Waals surface area contributed by atoms with Crippen LogP contribution in [-0.2, 0) is 15.7 Å². The highest BCUT2D eigenvalue weighted by Gasteiger charge is 2.32. The normalized spacial score (nSPS) is 23.4. The number of halogens is 3. The van der Waals surface area contributed by atoms with Gasteiger partial charge in [0.05, 0.1) is 11.7 Å². The van der Waals surface area contributed by atoms with Gasteiger partial charge < -0.3 is 10.1 Å². The van der Waals surface area contributed by atoms with Crippen LogP contribution in [-0.4, -0.2) is 23.1 Å². The molecule has 0 aliphatic carbocycles. The van der Waals surface area contributed by atoms with Crippen LogP contribution >= 0.6 is 0 Å². The van der Waals surface area contributed by atoms with E-state index in [4.69, 9.17) is 4.74 Å². The predicted molar refractivity (Wildman–Crippen MR) is 61.4 cm³/mol. The molecule has 1 N–H and O–H groups in total. The Bertz CT molecular complexity index is 476. The van der Waals surface area contributed by atoms with Gasteiger partial charge in [-0.05, 0) is 31.9 Å². The Kier molecular flexibility index (Phi) is 3.75. The number of hydrogen-bond donors (Lipinski definition) is 1. The smallest absolute Gasteiger partial charge is 0.365 e. The van der Waals surface area contributed by atoms with Crippen LogP contribution in [0.15, 0.2) is 18.3 Å². The molecule has 0 unspecified atom stereocenters. The van der Waals surface area contributed by atoms with Crippen molar-refractivity contribution >= 4 is 11.7 Å². The fourth-order valence-electron chi connectivity index (χ4n) is 1.88. The molecule has 1 saturated heterocycles. The summed E-state index contributed by atoms with van der Waals surface area (Å²) < 4.78 is 42.8. The molecule has 4 nitrogen and oxygen atoms in total. The van der Waals surface area contributed by atoms with Crippen LogP contribution in [0.2, 0.25) is 0 Å². The zero-order valence-corrected chi connectivity index (χ0v) is 10.2. The summed E-state index contributed by atoms with van der Waals surface area (Å²) in [6, 6.07) is 1.65. The Labute approximate surface area is 108 Å². The summed E-state index contributed by atoms with van der Waals surface area (Å²) in [5.41, 5.74) is -0.849. The van der Waals surface area contributed by atoms with E-state index < -0.39 is 23.8 Å². The van der Waals surface area contributed by atoms with Gasteiger partial charge in [0, 0.05) is 6.20 Å². The molecule has 2 rings (SSSR count). The number of hydrogen-bond acceptors (Lipinski definition) is 3. The van der Waals surface area contributed by atoms with Crippen molar-refractivity contribution in [3.63, 3.8) is 0 Å². The lowest BCUT2D eigenvalue weighted by Gasteiger charge is -2.12. The number of nitrogens with one attached hydrogen (secondary N) is 1. The van der Waals surface area contributed by atoms with Crippen LogP contribution in [0.25, 0.3) is 0 Å². The van der Waals surface area contributed by atoms with E-state index in [1.807, 2.05) is 6.92 Å². The molecule has 7 heteroatoms. The first-order valence-electron chi connectivity index (χ1n) is 5.86. The van der Waals surface area contributed by atoms with Crippen LogP contribution in [0.3, 0.4) is 0 Å². The largest absolute Gasteiger partial charge is 0.416 e. The minimum atomic E-state index is -4.46. The summed E-state index contributed by atoms with van der Waals surface area (Å²) in [6.07, 6.45) is -2.76. The summed E-state index contributed by atoms with van der Waals surface area (Å²) in [5, 5.41) is 2.34. The molecule has 0 radical (unpaired) electrons. The summed E-state index contributed by atoms with van der Waals surface area (Å²) in [5.74, 6) is -0.584. The standard InChI is InChI=1S/C12H13F3N2O2/c1-7-2-3-9(19-7)11(18)17-10-6-8(4-5-16-10)12(13,14)15/h4-7,9H,2-3H2,1H3,(H,16,17,18)/t7-,9-/m0/s1. The predicted octanol–water partition coefficient (Wildman–Crippen LogP) is 2.61. The SMILES string of the molecule is C[C@H]1CC[C@@H](C(=O)Nc2cc(C(F)(F)F)ccn2)O1. The van der Waals surface area contributed by atoms with Crippen LogP contribution in [0.1, 0.15) is 25.3 Å². The molecule has 1 fully saturated rings. The summed E-state index contributed by atoms with van der Waals surface area (Å²) >= 11 is 0. The maximum atomic E-state index is 12.5. The number of amides is 1. The molecule has 2 heterocycles. The van der Waals surface area contributed by atoms with Crippen LogP contribution in [0.4, 0.5) is 19.0 Å². The topological polar surface area (TPSA) is 51.2 Å². The van der Waals surface area contributed by atoms with Gasteiger partial charge in [-0.15, -0.1) is 0 Å². The molecule has 104 valence electrons. The molecule has 0 spiro atoms. The van der Waals surface area contributed by atoms with Crippen molar-refractivity contribution in [2.24, 2.45) is 0 Å². The number of carbonyl (C=O) groups excluding carboxylic acids is 1. The first kappa shape index (κ1) is 13.8. The Hall–Kier alpha value is -1.63. The maximum absolute atomic E-state index is 12.5. The Morgan fingerprint density at radius 2 is 2.21 bits per heavy atom. The molecule has 1 aromatic heterocycles. The van der Waals surface area contributed by atoms with Gasteiger partial charge in [0.1, 0.15) is 11.9 Å². The lowest BCUT2D eigenvalue weighted by atomic mass is 10.2. The molecule has 1 aliphatic heterocycles. The third-order valence-corrected chi connectivity index (χ3v) is 2.86. The third kappa shape index (κ3) is 3.44. The molecule has 0 aromatic carbocycles. The van der Waals surface area contributed by atoms with E-state index in [0.717, 1.165) is 24.8 Å². The van der Waals surface area contributed by atoms with Crippen LogP contribution in [0, 0.1) is 0 Å². The summed E-state index contributed by atoms with van der Waals surface area (Å²) in [6.45, 7) is 1.84. The van der Waals surface area contributed by atoms with Gasteiger partial charge in [0.25, 0.3) is 5.91 Å². The summed E-state index contributed by atoms with van der Waals surface area (Å²) in [4.78, 5) is 15.5. The molecule has 0 saturated carbocycles. The average Bonchev–Trinajstić information content (AvgIpc) is 2.75. The lowest BCUT2D eigenvalue weighted by molar-refractivity contribution is -0.137. The van der Waals surface area contributed by atoms with E-state index in [1.165, 1.54) is 0 Å². The van der Waals surface area contributed by atoms with Crippen molar-refractivity contribution in [2.75, 3.05) is 5.32 Å². The Morgan fingerprint density at radius 3 is 2.79 bits per heavy atom. The minimum Gasteiger partial charge on any atom is -0.365 e. The van der Waals surface area contributed by atoms with E-state index >= 15 is 0 Å². The highest BCUT2D eigenvalue weighted by molar-refractivity contribution is 5.93. The molecule has 0 bridgehead atoms. The minimum absolute atomic E-state index is 0.00906. The molecular weight excluding hydrogens is 261 g/mol. The quantitative estimate of drug-likeness (QED) is 0.901. The fraction of sp³-hybridized carbons (Fsp3) is 0.500. The third-order valence-electron chi connectivity index (χ3n) is 2.86. The van der Waals surface area contributed by atoms with E-state index in [1.54, 1.807) is 0 Å². The van der Waals surface area contributed by atoms with Gasteiger partial charge in [-0.25, -0.2) is 4.98 Å². The van der Waals surface area contributed by atoms with Crippen molar-refractivity contribution < 1.29 is 22.7 Å². The second-order valence-corrected chi connectivity index (χ2v) is 4.43. The number of aromatic nitrogens is 1. The molecule has 2 atom stereocenters. The first-order chi connectivity index (χ1) is 8.86. The van der Waals surface area contributed by atoms with Crippen LogP contribution in [0.5, 0.6) is 0 Å². The van der Waals surface area contributed by atoms with E-state index in [0.29, 0.717) is 6.42 Å². The number of ether oxygens (including phenoxy) is 1. The number of alkyl halides is 3. The van der Waals surface area contributed by atoms with Gasteiger partial charge >= 0.3 is 6.18 Å². The zero-order chi connectivity index (χ0) is 14.0. The molecule has 19 heavy (non-hydrogen) atoms. The number of carbonyl (C=O) groups is 1. The average molecular weight is 274 g/mol. The Morgan fingerprint density at radius 1 is 1.47 bits per heavy atom. The van der Waals surface area contributed by atoms with E-state index in [9.17, 15) is 18.0 Å². The lowest BCUT2D eigenvalue weighted by Crippen LogP contribution is -2.28. The molecular formula is C12H13F3N2O2. The summed E-state index contributed by atoms with van der Waals surface area (Å²) in [7, 11) is 0. The number of anilines is 1. The zero-order valence-electron chi connectivity index (χ0n) is 10.2.